The van der Waals surface area contributed by atoms with Crippen LogP contribution in [0.2, 0.25) is 0 Å². The summed E-state index contributed by atoms with van der Waals surface area (Å²) in [7, 11) is 1.40. The molecule has 0 fully saturated rings. The van der Waals surface area contributed by atoms with E-state index in [1.54, 1.807) is 6.07 Å². The molecule has 0 aliphatic rings. The third kappa shape index (κ3) is 5.99. The lowest BCUT2D eigenvalue weighted by Gasteiger charge is -2.12. The van der Waals surface area contributed by atoms with E-state index in [9.17, 15) is 18.8 Å². The number of para-hydroxylation sites is 1. The Morgan fingerprint density at radius 1 is 0.963 bits per heavy atom. The van der Waals surface area contributed by atoms with Crippen molar-refractivity contribution in [3.8, 4) is 17.2 Å². The summed E-state index contributed by atoms with van der Waals surface area (Å²) in [5.74, 6) is -1.46. The number of amides is 2. The van der Waals surface area contributed by atoms with E-state index < -0.39 is 30.8 Å². The number of benzene rings is 2. The van der Waals surface area contributed by atoms with Gasteiger partial charge in [-0.15, -0.1) is 0 Å². The van der Waals surface area contributed by atoms with E-state index in [0.29, 0.717) is 11.8 Å². The SMILES string of the molecule is COc1cc(C=O)ccc1OCC(=O)NNC(=O)COc1ccccc1F. The van der Waals surface area contributed by atoms with E-state index in [2.05, 4.69) is 10.9 Å². The molecule has 0 saturated heterocycles. The molecule has 8 nitrogen and oxygen atoms in total. The highest BCUT2D eigenvalue weighted by molar-refractivity contribution is 5.83. The summed E-state index contributed by atoms with van der Waals surface area (Å²) in [5, 5.41) is 0. The summed E-state index contributed by atoms with van der Waals surface area (Å²) < 4.78 is 28.7. The minimum absolute atomic E-state index is 0.0758. The zero-order valence-electron chi connectivity index (χ0n) is 14.4. The number of hydrogen-bond acceptors (Lipinski definition) is 6. The lowest BCUT2D eigenvalue weighted by Crippen LogP contribution is -2.45. The van der Waals surface area contributed by atoms with Gasteiger partial charge in [-0.05, 0) is 30.3 Å². The van der Waals surface area contributed by atoms with Gasteiger partial charge in [-0.1, -0.05) is 12.1 Å². The minimum Gasteiger partial charge on any atom is -0.493 e. The number of hydrazine groups is 1. The van der Waals surface area contributed by atoms with Crippen molar-refractivity contribution in [3.05, 3.63) is 53.8 Å². The molecular weight excluding hydrogens is 359 g/mol. The first-order valence-corrected chi connectivity index (χ1v) is 7.74. The fourth-order valence-corrected chi connectivity index (χ4v) is 1.94. The number of halogens is 1. The number of ether oxygens (including phenoxy) is 3. The zero-order valence-corrected chi connectivity index (χ0v) is 14.4. The number of carbonyl (C=O) groups excluding carboxylic acids is 3. The molecule has 0 unspecified atom stereocenters. The van der Waals surface area contributed by atoms with Crippen molar-refractivity contribution in [2.24, 2.45) is 0 Å². The topological polar surface area (TPSA) is 103 Å². The number of hydrogen-bond donors (Lipinski definition) is 2. The average Bonchev–Trinajstić information content (AvgIpc) is 2.69. The Hall–Kier alpha value is -3.62. The maximum atomic E-state index is 13.4. The van der Waals surface area contributed by atoms with Gasteiger partial charge in [0.15, 0.2) is 36.3 Å². The van der Waals surface area contributed by atoms with Crippen LogP contribution >= 0.6 is 0 Å². The highest BCUT2D eigenvalue weighted by Gasteiger charge is 2.10. The van der Waals surface area contributed by atoms with Crippen LogP contribution in [-0.2, 0) is 9.59 Å². The molecule has 2 N–H and O–H groups in total. The molecule has 0 spiro atoms. The first-order chi connectivity index (χ1) is 13.0. The molecule has 2 rings (SSSR count). The Morgan fingerprint density at radius 3 is 2.19 bits per heavy atom. The molecule has 0 heterocycles. The maximum Gasteiger partial charge on any atom is 0.276 e. The van der Waals surface area contributed by atoms with Crippen LogP contribution < -0.4 is 25.1 Å². The second-order valence-electron chi connectivity index (χ2n) is 5.13. The summed E-state index contributed by atoms with van der Waals surface area (Å²) in [6.45, 7) is -0.895. The van der Waals surface area contributed by atoms with Crippen LogP contribution in [0.1, 0.15) is 10.4 Å². The van der Waals surface area contributed by atoms with E-state index in [4.69, 9.17) is 14.2 Å². The number of carbonyl (C=O) groups is 3. The first-order valence-electron chi connectivity index (χ1n) is 7.74. The van der Waals surface area contributed by atoms with Gasteiger partial charge in [0.05, 0.1) is 7.11 Å². The maximum absolute atomic E-state index is 13.4. The third-order valence-corrected chi connectivity index (χ3v) is 3.22. The van der Waals surface area contributed by atoms with Gasteiger partial charge in [-0.2, -0.15) is 0 Å². The fourth-order valence-electron chi connectivity index (χ4n) is 1.94. The molecular formula is C18H17FN2O6. The molecule has 27 heavy (non-hydrogen) atoms. The van der Waals surface area contributed by atoms with Crippen molar-refractivity contribution in [3.63, 3.8) is 0 Å². The van der Waals surface area contributed by atoms with Crippen LogP contribution in [0.15, 0.2) is 42.5 Å². The number of nitrogens with one attached hydrogen (secondary N) is 2. The van der Waals surface area contributed by atoms with Crippen LogP contribution in [0, 0.1) is 5.82 Å². The number of aldehydes is 1. The van der Waals surface area contributed by atoms with Crippen molar-refractivity contribution < 1.29 is 33.0 Å². The Morgan fingerprint density at radius 2 is 1.59 bits per heavy atom. The van der Waals surface area contributed by atoms with Gasteiger partial charge in [-0.25, -0.2) is 4.39 Å². The zero-order chi connectivity index (χ0) is 19.6. The van der Waals surface area contributed by atoms with Crippen LogP contribution in [0.4, 0.5) is 4.39 Å². The van der Waals surface area contributed by atoms with Gasteiger partial charge >= 0.3 is 0 Å². The molecule has 0 atom stereocenters. The summed E-state index contributed by atoms with van der Waals surface area (Å²) in [4.78, 5) is 34.1. The lowest BCUT2D eigenvalue weighted by molar-refractivity contribution is -0.131. The summed E-state index contributed by atoms with van der Waals surface area (Å²) in [5.41, 5.74) is 4.64. The van der Waals surface area contributed by atoms with Gasteiger partial charge in [0, 0.05) is 5.56 Å². The van der Waals surface area contributed by atoms with E-state index >= 15 is 0 Å². The molecule has 9 heteroatoms. The molecule has 0 aliphatic carbocycles. The lowest BCUT2D eigenvalue weighted by atomic mass is 10.2. The van der Waals surface area contributed by atoms with Crippen LogP contribution in [0.25, 0.3) is 0 Å². The second-order valence-corrected chi connectivity index (χ2v) is 5.13. The van der Waals surface area contributed by atoms with Gasteiger partial charge in [0.1, 0.15) is 6.29 Å². The van der Waals surface area contributed by atoms with Gasteiger partial charge < -0.3 is 14.2 Å². The van der Waals surface area contributed by atoms with Crippen molar-refractivity contribution in [2.45, 2.75) is 0 Å². The predicted octanol–water partition coefficient (Wildman–Crippen LogP) is 1.25. The minimum atomic E-state index is -0.681. The smallest absolute Gasteiger partial charge is 0.276 e. The largest absolute Gasteiger partial charge is 0.493 e. The number of rotatable bonds is 8. The van der Waals surface area contributed by atoms with Gasteiger partial charge in [0.25, 0.3) is 11.8 Å². The Kier molecular flexibility index (Phi) is 7.12. The van der Waals surface area contributed by atoms with E-state index in [1.807, 2.05) is 0 Å². The van der Waals surface area contributed by atoms with Crippen molar-refractivity contribution in [2.75, 3.05) is 20.3 Å². The normalized spacial score (nSPS) is 9.85. The molecule has 2 aromatic carbocycles. The van der Waals surface area contributed by atoms with Crippen molar-refractivity contribution >= 4 is 18.1 Å². The Labute approximate surface area is 154 Å². The summed E-state index contributed by atoms with van der Waals surface area (Å²) in [6.07, 6.45) is 0.651. The first kappa shape index (κ1) is 19.7. The monoisotopic (exact) mass is 376 g/mol. The Balaban J connectivity index is 1.75. The third-order valence-electron chi connectivity index (χ3n) is 3.22. The molecule has 0 radical (unpaired) electrons. The Bertz CT molecular complexity index is 827. The summed E-state index contributed by atoms with van der Waals surface area (Å²) in [6, 6.07) is 10.1. The van der Waals surface area contributed by atoms with Gasteiger partial charge in [0.2, 0.25) is 0 Å². The molecule has 0 bridgehead atoms. The van der Waals surface area contributed by atoms with E-state index in [0.717, 1.165) is 0 Å². The fraction of sp³-hybridized carbons (Fsp3) is 0.167. The van der Waals surface area contributed by atoms with Gasteiger partial charge in [-0.3, -0.25) is 25.2 Å². The van der Waals surface area contributed by atoms with E-state index in [-0.39, 0.29) is 17.2 Å². The highest BCUT2D eigenvalue weighted by Crippen LogP contribution is 2.27. The molecule has 142 valence electrons. The predicted molar refractivity (Wildman–Crippen MR) is 92.1 cm³/mol. The molecule has 0 saturated carbocycles. The second kappa shape index (κ2) is 9.76. The summed E-state index contributed by atoms with van der Waals surface area (Å²) >= 11 is 0. The molecule has 0 aliphatic heterocycles. The van der Waals surface area contributed by atoms with Crippen molar-refractivity contribution in [1.82, 2.24) is 10.9 Å². The van der Waals surface area contributed by atoms with E-state index in [1.165, 1.54) is 43.5 Å². The van der Waals surface area contributed by atoms with Crippen LogP contribution in [0.5, 0.6) is 17.2 Å². The van der Waals surface area contributed by atoms with Crippen LogP contribution in [-0.4, -0.2) is 38.4 Å². The van der Waals surface area contributed by atoms with Crippen LogP contribution in [0.3, 0.4) is 0 Å². The molecule has 2 aromatic rings. The quantitative estimate of drug-likeness (QED) is 0.531. The molecule has 0 aromatic heterocycles. The standard InChI is InChI=1S/C18H17FN2O6/c1-25-16-8-12(9-22)6-7-15(16)27-11-18(24)21-20-17(23)10-26-14-5-3-2-4-13(14)19/h2-9H,10-11H2,1H3,(H,20,23)(H,21,24). The highest BCUT2D eigenvalue weighted by atomic mass is 19.1. The van der Waals surface area contributed by atoms with Crippen molar-refractivity contribution in [1.29, 1.82) is 0 Å². The average molecular weight is 376 g/mol. The molecule has 2 amide bonds. The number of methoxy groups -OCH3 is 1.